The van der Waals surface area contributed by atoms with E-state index in [2.05, 4.69) is 49.0 Å². The zero-order chi connectivity index (χ0) is 16.4. The summed E-state index contributed by atoms with van der Waals surface area (Å²) in [4.78, 5) is 7.62. The summed E-state index contributed by atoms with van der Waals surface area (Å²) in [5, 5.41) is 0. The van der Waals surface area contributed by atoms with E-state index in [4.69, 9.17) is 4.74 Å². The lowest BCUT2D eigenvalue weighted by atomic mass is 9.99. The van der Waals surface area contributed by atoms with Gasteiger partial charge in [-0.25, -0.2) is 4.98 Å². The first-order valence-corrected chi connectivity index (χ1v) is 8.64. The van der Waals surface area contributed by atoms with Gasteiger partial charge in [0.1, 0.15) is 0 Å². The molecule has 0 saturated carbocycles. The number of aromatic amines is 1. The van der Waals surface area contributed by atoms with E-state index in [9.17, 15) is 0 Å². The summed E-state index contributed by atoms with van der Waals surface area (Å²) in [5.74, 6) is 1.16. The lowest BCUT2D eigenvalue weighted by Crippen LogP contribution is -2.04. The van der Waals surface area contributed by atoms with Crippen LogP contribution in [0.2, 0.25) is 0 Å². The van der Waals surface area contributed by atoms with Gasteiger partial charge < -0.3 is 9.72 Å². The maximum Gasteiger partial charge on any atom is 0.0925 e. The first-order valence-electron chi connectivity index (χ1n) is 8.64. The average Bonchev–Trinajstić information content (AvgIpc) is 2.99. The number of aryl methyl sites for hydroxylation is 1. The van der Waals surface area contributed by atoms with E-state index in [0.717, 1.165) is 32.5 Å². The molecule has 1 aromatic heterocycles. The summed E-state index contributed by atoms with van der Waals surface area (Å²) in [6.45, 7) is 12.1. The van der Waals surface area contributed by atoms with Crippen LogP contribution < -0.4 is 0 Å². The molecular weight excluding hydrogens is 272 g/mol. The third kappa shape index (κ3) is 6.18. The Morgan fingerprint density at radius 2 is 2.18 bits per heavy atom. The Labute approximate surface area is 137 Å². The van der Waals surface area contributed by atoms with E-state index in [1.165, 1.54) is 17.0 Å². The van der Waals surface area contributed by atoms with E-state index in [-0.39, 0.29) is 1.43 Å². The highest BCUT2D eigenvalue weighted by molar-refractivity contribution is 5.23. The predicted molar refractivity (Wildman–Crippen MR) is 96.3 cm³/mol. The van der Waals surface area contributed by atoms with Crippen LogP contribution in [0.3, 0.4) is 0 Å². The van der Waals surface area contributed by atoms with Crippen molar-refractivity contribution in [3.8, 4) is 0 Å². The van der Waals surface area contributed by atoms with Crippen LogP contribution in [0.15, 0.2) is 30.1 Å². The van der Waals surface area contributed by atoms with Gasteiger partial charge in [-0.05, 0) is 36.7 Å². The molecule has 0 spiro atoms. The number of imidazole rings is 1. The Balaban J connectivity index is 0.00000155. The molecular formula is C19H34N2O. The molecule has 2 rings (SSSR count). The molecule has 1 heterocycles. The number of ether oxygens (including phenoxy) is 1. The van der Waals surface area contributed by atoms with E-state index >= 15 is 0 Å². The smallest absolute Gasteiger partial charge is 0.0925 e. The Bertz CT molecular complexity index is 477. The normalized spacial score (nSPS) is 17.2. The van der Waals surface area contributed by atoms with Gasteiger partial charge in [0, 0.05) is 13.7 Å². The Morgan fingerprint density at radius 3 is 2.82 bits per heavy atom. The number of H-pyrrole nitrogens is 1. The molecule has 0 saturated heterocycles. The van der Waals surface area contributed by atoms with E-state index < -0.39 is 0 Å². The van der Waals surface area contributed by atoms with Gasteiger partial charge >= 0.3 is 0 Å². The van der Waals surface area contributed by atoms with E-state index in [1.807, 2.05) is 13.8 Å². The van der Waals surface area contributed by atoms with Crippen LogP contribution in [0.25, 0.3) is 0 Å². The van der Waals surface area contributed by atoms with Crippen molar-refractivity contribution < 1.29 is 6.16 Å². The summed E-state index contributed by atoms with van der Waals surface area (Å²) in [5.41, 5.74) is 3.76. The third-order valence-corrected chi connectivity index (χ3v) is 3.67. The molecule has 1 aliphatic carbocycles. The third-order valence-electron chi connectivity index (χ3n) is 3.67. The van der Waals surface area contributed by atoms with Crippen LogP contribution in [0.4, 0.5) is 0 Å². The molecule has 0 radical (unpaired) electrons. The fourth-order valence-corrected chi connectivity index (χ4v) is 2.45. The van der Waals surface area contributed by atoms with E-state index in [0.29, 0.717) is 11.8 Å². The minimum atomic E-state index is 0. The number of rotatable bonds is 7. The molecule has 126 valence electrons. The van der Waals surface area contributed by atoms with Crippen molar-refractivity contribution in [2.45, 2.75) is 59.8 Å². The molecule has 0 amide bonds. The molecule has 1 aliphatic rings. The fourth-order valence-electron chi connectivity index (χ4n) is 2.45. The monoisotopic (exact) mass is 306 g/mol. The molecule has 0 fully saturated rings. The Morgan fingerprint density at radius 1 is 1.41 bits per heavy atom. The van der Waals surface area contributed by atoms with Crippen LogP contribution in [-0.2, 0) is 11.2 Å². The number of nitrogens with zero attached hydrogens (tertiary/aromatic N) is 1. The highest BCUT2D eigenvalue weighted by atomic mass is 16.5. The molecule has 0 aliphatic heterocycles. The van der Waals surface area contributed by atoms with Crippen LogP contribution in [0, 0.1) is 5.92 Å². The van der Waals surface area contributed by atoms with Crippen LogP contribution in [-0.4, -0.2) is 23.2 Å². The van der Waals surface area contributed by atoms with Gasteiger partial charge in [0.05, 0.1) is 18.6 Å². The number of allylic oxidation sites excluding steroid dienone is 2. The SMILES string of the molecule is CC.CC1C=CC(COCCCc2[nH]cnc2C(C)C)=CC1.[HH]. The molecule has 1 aromatic rings. The summed E-state index contributed by atoms with van der Waals surface area (Å²) in [7, 11) is 0. The van der Waals surface area contributed by atoms with Crippen molar-refractivity contribution in [1.82, 2.24) is 9.97 Å². The number of hydrogen-bond acceptors (Lipinski definition) is 2. The lowest BCUT2D eigenvalue weighted by molar-refractivity contribution is 0.154. The quantitative estimate of drug-likeness (QED) is 0.696. The highest BCUT2D eigenvalue weighted by Gasteiger charge is 2.09. The maximum atomic E-state index is 5.75. The van der Waals surface area contributed by atoms with Gasteiger partial charge in [0.15, 0.2) is 0 Å². The number of aromatic nitrogens is 2. The van der Waals surface area contributed by atoms with Crippen molar-refractivity contribution in [3.63, 3.8) is 0 Å². The van der Waals surface area contributed by atoms with Crippen LogP contribution in [0.1, 0.15) is 66.2 Å². The molecule has 0 aromatic carbocycles. The van der Waals surface area contributed by atoms with Crippen LogP contribution >= 0.6 is 0 Å². The average molecular weight is 306 g/mol. The van der Waals surface area contributed by atoms with Crippen molar-refractivity contribution in [2.24, 2.45) is 5.92 Å². The largest absolute Gasteiger partial charge is 0.377 e. The summed E-state index contributed by atoms with van der Waals surface area (Å²) in [6.07, 6.45) is 11.7. The molecule has 0 bridgehead atoms. The second-order valence-electron chi connectivity index (χ2n) is 5.93. The molecule has 1 unspecified atom stereocenters. The van der Waals surface area contributed by atoms with Gasteiger partial charge in [-0.1, -0.05) is 52.8 Å². The predicted octanol–water partition coefficient (Wildman–Crippen LogP) is 5.28. The Hall–Kier alpha value is -1.35. The second kappa shape index (κ2) is 10.4. The zero-order valence-corrected chi connectivity index (χ0v) is 14.9. The van der Waals surface area contributed by atoms with Crippen molar-refractivity contribution in [3.05, 3.63) is 41.5 Å². The summed E-state index contributed by atoms with van der Waals surface area (Å²) < 4.78 is 5.75. The second-order valence-corrected chi connectivity index (χ2v) is 5.93. The molecule has 1 atom stereocenters. The number of nitrogens with one attached hydrogen (secondary N) is 1. The minimum Gasteiger partial charge on any atom is -0.377 e. The maximum absolute atomic E-state index is 5.75. The van der Waals surface area contributed by atoms with Gasteiger partial charge in [0.2, 0.25) is 0 Å². The molecule has 22 heavy (non-hydrogen) atoms. The topological polar surface area (TPSA) is 37.9 Å². The zero-order valence-electron chi connectivity index (χ0n) is 14.9. The fraction of sp³-hybridized carbons (Fsp3) is 0.632. The highest BCUT2D eigenvalue weighted by Crippen LogP contribution is 2.17. The van der Waals surface area contributed by atoms with Gasteiger partial charge in [-0.2, -0.15) is 0 Å². The molecule has 3 heteroatoms. The minimum absolute atomic E-state index is 0. The van der Waals surface area contributed by atoms with Gasteiger partial charge in [0.25, 0.3) is 0 Å². The molecule has 1 N–H and O–H groups in total. The molecule has 3 nitrogen and oxygen atoms in total. The lowest BCUT2D eigenvalue weighted by Gasteiger charge is -2.12. The first kappa shape index (κ1) is 18.7. The van der Waals surface area contributed by atoms with E-state index in [1.54, 1.807) is 6.33 Å². The number of hydrogen-bond donors (Lipinski definition) is 1. The van der Waals surface area contributed by atoms with Crippen molar-refractivity contribution in [2.75, 3.05) is 13.2 Å². The Kier molecular flexibility index (Phi) is 8.83. The standard InChI is InChI=1S/C17H26N2O.C2H6.H2/c1-13(2)17-16(18-12-19-17)5-4-10-20-11-15-8-6-14(3)7-9-15;1-2;/h6,8-9,12-14H,4-5,7,10-11H2,1-3H3,(H,18,19);1-2H3;1H. The van der Waals surface area contributed by atoms with Crippen LogP contribution in [0.5, 0.6) is 0 Å². The van der Waals surface area contributed by atoms with Crippen molar-refractivity contribution >= 4 is 0 Å². The van der Waals surface area contributed by atoms with Gasteiger partial charge in [-0.3, -0.25) is 0 Å². The van der Waals surface area contributed by atoms with Gasteiger partial charge in [-0.15, -0.1) is 0 Å². The summed E-state index contributed by atoms with van der Waals surface area (Å²) in [6, 6.07) is 0. The summed E-state index contributed by atoms with van der Waals surface area (Å²) >= 11 is 0. The van der Waals surface area contributed by atoms with Crippen molar-refractivity contribution in [1.29, 1.82) is 0 Å². The first-order chi connectivity index (χ1) is 10.7.